The van der Waals surface area contributed by atoms with Crippen molar-refractivity contribution in [1.29, 1.82) is 0 Å². The Kier molecular flexibility index (Phi) is 4.87. The van der Waals surface area contributed by atoms with Crippen LogP contribution in [0.2, 0.25) is 0 Å². The Hall–Kier alpha value is -2.50. The Morgan fingerprint density at radius 2 is 1.29 bits per heavy atom. The van der Waals surface area contributed by atoms with Crippen LogP contribution in [0.15, 0.2) is 42.5 Å². The summed E-state index contributed by atoms with van der Waals surface area (Å²) in [6.45, 7) is 0.722. The minimum atomic E-state index is -4.41. The van der Waals surface area contributed by atoms with Crippen molar-refractivity contribution in [3.05, 3.63) is 70.3 Å². The lowest BCUT2D eigenvalue weighted by Gasteiger charge is -2.12. The first-order valence-electron chi connectivity index (χ1n) is 6.93. The van der Waals surface area contributed by atoms with Gasteiger partial charge in [-0.1, -0.05) is 24.3 Å². The largest absolute Gasteiger partial charge is 0.416 e. The van der Waals surface area contributed by atoms with Gasteiger partial charge in [0.15, 0.2) is 0 Å². The van der Waals surface area contributed by atoms with Crippen LogP contribution in [-0.2, 0) is 12.1 Å². The summed E-state index contributed by atoms with van der Waals surface area (Å²) in [5.41, 5.74) is -0.142. The predicted molar refractivity (Wildman–Crippen MR) is 81.8 cm³/mol. The fraction of sp³-hybridized carbons (Fsp3) is 0.167. The molecular weight excluding hydrogens is 327 g/mol. The summed E-state index contributed by atoms with van der Waals surface area (Å²) < 4.78 is 64.3. The summed E-state index contributed by atoms with van der Waals surface area (Å²) in [7, 11) is 0. The van der Waals surface area contributed by atoms with Crippen LogP contribution >= 0.6 is 0 Å². The molecule has 0 aromatic heterocycles. The van der Waals surface area contributed by atoms with Crippen molar-refractivity contribution in [2.45, 2.75) is 19.0 Å². The molecule has 0 fully saturated rings. The van der Waals surface area contributed by atoms with Gasteiger partial charge in [0.1, 0.15) is 6.29 Å². The van der Waals surface area contributed by atoms with E-state index < -0.39 is 17.7 Å². The average Bonchev–Trinajstić information content (AvgIpc) is 2.51. The van der Waals surface area contributed by atoms with Crippen molar-refractivity contribution in [3.63, 3.8) is 0 Å². The van der Waals surface area contributed by atoms with Crippen molar-refractivity contribution < 1.29 is 26.7 Å². The summed E-state index contributed by atoms with van der Waals surface area (Å²) in [6.07, 6.45) is -1.00. The average molecular weight is 340 g/mol. The molecule has 1 nitrogen and oxygen atoms in total. The molecule has 0 N–H and O–H groups in total. The monoisotopic (exact) mass is 340 g/mol. The third kappa shape index (κ3) is 4.50. The van der Waals surface area contributed by atoms with Crippen molar-refractivity contribution in [1.82, 2.24) is 0 Å². The molecule has 0 bridgehead atoms. The lowest BCUT2D eigenvalue weighted by atomic mass is 10.0. The van der Waals surface area contributed by atoms with E-state index in [1.807, 2.05) is 0 Å². The van der Waals surface area contributed by atoms with Gasteiger partial charge in [-0.3, -0.25) is 4.79 Å². The molecule has 0 radical (unpaired) electrons. The van der Waals surface area contributed by atoms with Gasteiger partial charge >= 0.3 is 6.18 Å². The molecule has 0 heterocycles. The van der Waals surface area contributed by atoms with E-state index in [9.17, 15) is 26.7 Å². The lowest BCUT2D eigenvalue weighted by Crippen LogP contribution is -2.07. The molecule has 0 aliphatic rings. The molecule has 2 aromatic carbocycles. The van der Waals surface area contributed by atoms with E-state index in [4.69, 9.17) is 0 Å². The molecule has 0 amide bonds. The first kappa shape index (κ1) is 17.8. The molecule has 0 saturated carbocycles. The van der Waals surface area contributed by atoms with Crippen molar-refractivity contribution in [3.8, 4) is 0 Å². The maximum absolute atomic E-state index is 13.4. The Labute approximate surface area is 135 Å². The Morgan fingerprint density at radius 3 is 1.79 bits per heavy atom. The number of alkyl halides is 5. The molecule has 0 unspecified atom stereocenters. The van der Waals surface area contributed by atoms with Gasteiger partial charge in [0.05, 0.1) is 5.56 Å². The second-order valence-electron chi connectivity index (χ2n) is 5.35. The highest BCUT2D eigenvalue weighted by Crippen LogP contribution is 2.30. The van der Waals surface area contributed by atoms with Gasteiger partial charge in [0.25, 0.3) is 5.92 Å². The number of benzene rings is 2. The van der Waals surface area contributed by atoms with Gasteiger partial charge in [-0.15, -0.1) is 0 Å². The molecule has 6 heteroatoms. The van der Waals surface area contributed by atoms with Crippen molar-refractivity contribution in [2.75, 3.05) is 0 Å². The van der Waals surface area contributed by atoms with Gasteiger partial charge in [0, 0.05) is 18.1 Å². The van der Waals surface area contributed by atoms with Crippen LogP contribution in [0.3, 0.4) is 0 Å². The standard InChI is InChI=1S/C18H13F5O/c1-17(19,20)16-9-13(8-14(10-16)11-24)3-2-12-4-6-15(7-5-12)18(21,22)23/h2-11H,1H3/b3-2+. The summed E-state index contributed by atoms with van der Waals surface area (Å²) >= 11 is 0. The van der Waals surface area contributed by atoms with E-state index in [1.165, 1.54) is 36.4 Å². The minimum Gasteiger partial charge on any atom is -0.298 e. The third-order valence-corrected chi connectivity index (χ3v) is 3.33. The Balaban J connectivity index is 2.30. The van der Waals surface area contributed by atoms with Crippen LogP contribution in [-0.4, -0.2) is 6.29 Å². The molecule has 0 aliphatic heterocycles. The van der Waals surface area contributed by atoms with E-state index >= 15 is 0 Å². The molecule has 0 spiro atoms. The highest BCUT2D eigenvalue weighted by atomic mass is 19.4. The maximum Gasteiger partial charge on any atom is 0.416 e. The molecule has 2 rings (SSSR count). The highest BCUT2D eigenvalue weighted by Gasteiger charge is 2.29. The first-order chi connectivity index (χ1) is 11.1. The fourth-order valence-corrected chi connectivity index (χ4v) is 2.07. The SMILES string of the molecule is CC(F)(F)c1cc(C=O)cc(/C=C/c2ccc(C(F)(F)F)cc2)c1. The zero-order valence-corrected chi connectivity index (χ0v) is 12.6. The molecule has 0 aliphatic carbocycles. The van der Waals surface area contributed by atoms with Crippen LogP contribution in [0.5, 0.6) is 0 Å². The molecule has 0 saturated heterocycles. The van der Waals surface area contributed by atoms with Crippen LogP contribution in [0.25, 0.3) is 12.2 Å². The number of hydrogen-bond acceptors (Lipinski definition) is 1. The quantitative estimate of drug-likeness (QED) is 0.390. The second kappa shape index (κ2) is 6.55. The van der Waals surface area contributed by atoms with Crippen LogP contribution in [0.1, 0.15) is 39.5 Å². The number of halogens is 5. The molecule has 2 aromatic rings. The molecule has 126 valence electrons. The topological polar surface area (TPSA) is 17.1 Å². The minimum absolute atomic E-state index is 0.0982. The fourth-order valence-electron chi connectivity index (χ4n) is 2.07. The Bertz CT molecular complexity index is 752. The highest BCUT2D eigenvalue weighted by molar-refractivity contribution is 5.79. The number of aldehydes is 1. The second-order valence-corrected chi connectivity index (χ2v) is 5.35. The zero-order valence-electron chi connectivity index (χ0n) is 12.6. The zero-order chi connectivity index (χ0) is 18.0. The van der Waals surface area contributed by atoms with Crippen LogP contribution in [0, 0.1) is 0 Å². The summed E-state index contributed by atoms with van der Waals surface area (Å²) in [5, 5.41) is 0. The summed E-state index contributed by atoms with van der Waals surface area (Å²) in [5.74, 6) is -3.10. The van der Waals surface area contributed by atoms with Crippen LogP contribution in [0.4, 0.5) is 22.0 Å². The van der Waals surface area contributed by atoms with E-state index in [-0.39, 0.29) is 11.1 Å². The predicted octanol–water partition coefficient (Wildman–Crippen LogP) is 5.80. The van der Waals surface area contributed by atoms with Crippen molar-refractivity contribution in [2.24, 2.45) is 0 Å². The van der Waals surface area contributed by atoms with Gasteiger partial charge in [-0.2, -0.15) is 13.2 Å². The third-order valence-electron chi connectivity index (χ3n) is 3.33. The lowest BCUT2D eigenvalue weighted by molar-refractivity contribution is -0.137. The molecule has 0 atom stereocenters. The summed E-state index contributed by atoms with van der Waals surface area (Å²) in [6, 6.07) is 8.18. The van der Waals surface area contributed by atoms with Gasteiger partial charge < -0.3 is 0 Å². The van der Waals surface area contributed by atoms with Crippen LogP contribution < -0.4 is 0 Å². The van der Waals surface area contributed by atoms with Crippen molar-refractivity contribution >= 4 is 18.4 Å². The van der Waals surface area contributed by atoms with Gasteiger partial charge in [-0.25, -0.2) is 8.78 Å². The van der Waals surface area contributed by atoms with E-state index in [0.29, 0.717) is 17.4 Å². The molecular formula is C18H13F5O. The number of carbonyl (C=O) groups excluding carboxylic acids is 1. The van der Waals surface area contributed by atoms with Gasteiger partial charge in [0.2, 0.25) is 0 Å². The van der Waals surface area contributed by atoms with Gasteiger partial charge in [-0.05, 0) is 41.5 Å². The number of rotatable bonds is 4. The normalized spacial score (nSPS) is 12.6. The Morgan fingerprint density at radius 1 is 0.750 bits per heavy atom. The number of hydrogen-bond donors (Lipinski definition) is 0. The van der Waals surface area contributed by atoms with E-state index in [2.05, 4.69) is 0 Å². The van der Waals surface area contributed by atoms with E-state index in [0.717, 1.165) is 25.1 Å². The first-order valence-corrected chi connectivity index (χ1v) is 6.93. The van der Waals surface area contributed by atoms with E-state index in [1.54, 1.807) is 0 Å². The number of carbonyl (C=O) groups is 1. The molecule has 24 heavy (non-hydrogen) atoms. The smallest absolute Gasteiger partial charge is 0.298 e. The maximum atomic E-state index is 13.4. The summed E-state index contributed by atoms with van der Waals surface area (Å²) in [4.78, 5) is 10.9.